The first-order valence-electron chi connectivity index (χ1n) is 5.02. The van der Waals surface area contributed by atoms with Crippen LogP contribution < -0.4 is 0 Å². The lowest BCUT2D eigenvalue weighted by Crippen LogP contribution is -2.00. The van der Waals surface area contributed by atoms with Gasteiger partial charge >= 0.3 is 0 Å². The molecule has 0 bridgehead atoms. The number of pyridine rings is 1. The van der Waals surface area contributed by atoms with Crippen LogP contribution in [0.25, 0.3) is 0 Å². The van der Waals surface area contributed by atoms with Gasteiger partial charge in [-0.05, 0) is 18.6 Å². The monoisotopic (exact) mass is 233 g/mol. The molecule has 2 aromatic rings. The molecule has 1 unspecified atom stereocenters. The van der Waals surface area contributed by atoms with Crippen LogP contribution in [0, 0.1) is 6.92 Å². The molecule has 1 N–H and O–H groups in total. The van der Waals surface area contributed by atoms with Gasteiger partial charge in [-0.1, -0.05) is 41.4 Å². The van der Waals surface area contributed by atoms with E-state index in [4.69, 9.17) is 11.6 Å². The summed E-state index contributed by atoms with van der Waals surface area (Å²) in [6.07, 6.45) is 2.50. The molecule has 1 heterocycles. The van der Waals surface area contributed by atoms with Gasteiger partial charge in [0.25, 0.3) is 0 Å². The van der Waals surface area contributed by atoms with Crippen LogP contribution in [0.4, 0.5) is 0 Å². The number of aryl methyl sites for hydroxylation is 1. The third-order valence-electron chi connectivity index (χ3n) is 2.43. The molecule has 3 heteroatoms. The minimum Gasteiger partial charge on any atom is -0.384 e. The standard InChI is InChI=1S/C13H12ClNO/c1-9-2-4-10(5-3-9)13(16)11-6-12(14)8-15-7-11/h2-8,13,16H,1H3. The van der Waals surface area contributed by atoms with Gasteiger partial charge in [-0.25, -0.2) is 0 Å². The van der Waals surface area contributed by atoms with Gasteiger partial charge in [0.1, 0.15) is 6.10 Å². The maximum atomic E-state index is 10.1. The third kappa shape index (κ3) is 2.40. The topological polar surface area (TPSA) is 33.1 Å². The van der Waals surface area contributed by atoms with E-state index in [1.807, 2.05) is 31.2 Å². The van der Waals surface area contributed by atoms with Crippen LogP contribution in [0.2, 0.25) is 5.02 Å². The Morgan fingerprint density at radius 1 is 1.12 bits per heavy atom. The quantitative estimate of drug-likeness (QED) is 0.865. The molecular weight excluding hydrogens is 222 g/mol. The van der Waals surface area contributed by atoms with Crippen molar-refractivity contribution in [3.05, 3.63) is 64.4 Å². The second kappa shape index (κ2) is 4.64. The first-order chi connectivity index (χ1) is 7.66. The lowest BCUT2D eigenvalue weighted by molar-refractivity contribution is 0.220. The van der Waals surface area contributed by atoms with Gasteiger partial charge in [0.2, 0.25) is 0 Å². The summed E-state index contributed by atoms with van der Waals surface area (Å²) in [4.78, 5) is 3.96. The van der Waals surface area contributed by atoms with Crippen LogP contribution in [-0.2, 0) is 0 Å². The maximum Gasteiger partial charge on any atom is 0.106 e. The molecule has 2 rings (SSSR count). The molecule has 1 aromatic heterocycles. The fourth-order valence-electron chi connectivity index (χ4n) is 1.52. The van der Waals surface area contributed by atoms with Crippen LogP contribution in [-0.4, -0.2) is 10.1 Å². The Morgan fingerprint density at radius 2 is 1.81 bits per heavy atom. The number of benzene rings is 1. The molecule has 82 valence electrons. The molecule has 0 fully saturated rings. The van der Waals surface area contributed by atoms with Crippen molar-refractivity contribution >= 4 is 11.6 Å². The second-order valence-corrected chi connectivity index (χ2v) is 4.19. The zero-order valence-corrected chi connectivity index (χ0v) is 9.65. The van der Waals surface area contributed by atoms with Gasteiger partial charge < -0.3 is 5.11 Å². The lowest BCUT2D eigenvalue weighted by atomic mass is 10.0. The van der Waals surface area contributed by atoms with E-state index in [-0.39, 0.29) is 0 Å². The number of rotatable bonds is 2. The number of halogens is 1. The van der Waals surface area contributed by atoms with Crippen molar-refractivity contribution < 1.29 is 5.11 Å². The molecular formula is C13H12ClNO. The van der Waals surface area contributed by atoms with Crippen molar-refractivity contribution in [3.63, 3.8) is 0 Å². The number of nitrogens with zero attached hydrogens (tertiary/aromatic N) is 1. The van der Waals surface area contributed by atoms with E-state index in [1.165, 1.54) is 5.56 Å². The van der Waals surface area contributed by atoms with E-state index in [2.05, 4.69) is 4.98 Å². The molecule has 0 amide bonds. The summed E-state index contributed by atoms with van der Waals surface area (Å²) in [7, 11) is 0. The van der Waals surface area contributed by atoms with Gasteiger partial charge in [0.05, 0.1) is 5.02 Å². The van der Waals surface area contributed by atoms with Crippen molar-refractivity contribution in [3.8, 4) is 0 Å². The van der Waals surface area contributed by atoms with Gasteiger partial charge in [0.15, 0.2) is 0 Å². The molecule has 0 aliphatic rings. The van der Waals surface area contributed by atoms with Crippen LogP contribution >= 0.6 is 11.6 Å². The lowest BCUT2D eigenvalue weighted by Gasteiger charge is -2.11. The third-order valence-corrected chi connectivity index (χ3v) is 2.64. The van der Waals surface area contributed by atoms with Gasteiger partial charge in [-0.3, -0.25) is 4.98 Å². The molecule has 1 atom stereocenters. The molecule has 2 nitrogen and oxygen atoms in total. The van der Waals surface area contributed by atoms with Gasteiger partial charge in [-0.15, -0.1) is 0 Å². The van der Waals surface area contributed by atoms with Crippen LogP contribution in [0.1, 0.15) is 22.8 Å². The molecule has 0 aliphatic carbocycles. The van der Waals surface area contributed by atoms with E-state index in [1.54, 1.807) is 18.5 Å². The van der Waals surface area contributed by atoms with Crippen LogP contribution in [0.3, 0.4) is 0 Å². The molecule has 0 saturated carbocycles. The van der Waals surface area contributed by atoms with E-state index in [9.17, 15) is 5.11 Å². The Hall–Kier alpha value is -1.38. The Bertz CT molecular complexity index is 482. The Balaban J connectivity index is 2.31. The van der Waals surface area contributed by atoms with Crippen molar-refractivity contribution in [1.29, 1.82) is 0 Å². The van der Waals surface area contributed by atoms with Crippen molar-refractivity contribution in [1.82, 2.24) is 4.98 Å². The summed E-state index contributed by atoms with van der Waals surface area (Å²) >= 11 is 5.83. The SMILES string of the molecule is Cc1ccc(C(O)c2cncc(Cl)c2)cc1. The average Bonchev–Trinajstić information content (AvgIpc) is 2.29. The second-order valence-electron chi connectivity index (χ2n) is 3.75. The van der Waals surface area contributed by atoms with E-state index >= 15 is 0 Å². The number of aromatic nitrogens is 1. The van der Waals surface area contributed by atoms with Crippen molar-refractivity contribution in [2.75, 3.05) is 0 Å². The Morgan fingerprint density at radius 3 is 2.44 bits per heavy atom. The number of aliphatic hydroxyl groups is 1. The highest BCUT2D eigenvalue weighted by molar-refractivity contribution is 6.30. The highest BCUT2D eigenvalue weighted by Crippen LogP contribution is 2.23. The number of hydrogen-bond donors (Lipinski definition) is 1. The normalized spacial score (nSPS) is 12.4. The average molecular weight is 234 g/mol. The summed E-state index contributed by atoms with van der Waals surface area (Å²) in [5.41, 5.74) is 2.71. The summed E-state index contributed by atoms with van der Waals surface area (Å²) < 4.78 is 0. The Kier molecular flexibility index (Phi) is 3.22. The summed E-state index contributed by atoms with van der Waals surface area (Å²) in [5, 5.41) is 10.6. The summed E-state index contributed by atoms with van der Waals surface area (Å²) in [5.74, 6) is 0. The summed E-state index contributed by atoms with van der Waals surface area (Å²) in [6.45, 7) is 2.01. The highest BCUT2D eigenvalue weighted by atomic mass is 35.5. The fourth-order valence-corrected chi connectivity index (χ4v) is 1.70. The number of hydrogen-bond acceptors (Lipinski definition) is 2. The first kappa shape index (κ1) is 11.1. The minimum atomic E-state index is -0.674. The van der Waals surface area contributed by atoms with E-state index in [0.29, 0.717) is 10.6 Å². The number of aliphatic hydroxyl groups excluding tert-OH is 1. The minimum absolute atomic E-state index is 0.531. The molecule has 0 radical (unpaired) electrons. The van der Waals surface area contributed by atoms with Crippen molar-refractivity contribution in [2.24, 2.45) is 0 Å². The van der Waals surface area contributed by atoms with Crippen LogP contribution in [0.5, 0.6) is 0 Å². The highest BCUT2D eigenvalue weighted by Gasteiger charge is 2.10. The van der Waals surface area contributed by atoms with Crippen LogP contribution in [0.15, 0.2) is 42.7 Å². The molecule has 16 heavy (non-hydrogen) atoms. The zero-order chi connectivity index (χ0) is 11.5. The maximum absolute atomic E-state index is 10.1. The molecule has 1 aromatic carbocycles. The Labute approximate surface area is 99.5 Å². The predicted molar refractivity (Wildman–Crippen MR) is 64.5 cm³/mol. The summed E-state index contributed by atoms with van der Waals surface area (Å²) in [6, 6.07) is 9.47. The van der Waals surface area contributed by atoms with Gasteiger partial charge in [0, 0.05) is 18.0 Å². The molecule has 0 aliphatic heterocycles. The predicted octanol–water partition coefficient (Wildman–Crippen LogP) is 3.13. The van der Waals surface area contributed by atoms with E-state index in [0.717, 1.165) is 5.56 Å². The fraction of sp³-hybridized carbons (Fsp3) is 0.154. The molecule has 0 saturated heterocycles. The van der Waals surface area contributed by atoms with Crippen molar-refractivity contribution in [2.45, 2.75) is 13.0 Å². The smallest absolute Gasteiger partial charge is 0.106 e. The molecule has 0 spiro atoms. The zero-order valence-electron chi connectivity index (χ0n) is 8.89. The van der Waals surface area contributed by atoms with E-state index < -0.39 is 6.10 Å². The van der Waals surface area contributed by atoms with Gasteiger partial charge in [-0.2, -0.15) is 0 Å². The largest absolute Gasteiger partial charge is 0.384 e. The first-order valence-corrected chi connectivity index (χ1v) is 5.39.